The molecule has 0 N–H and O–H groups in total. The van der Waals surface area contributed by atoms with Crippen LogP contribution >= 0.6 is 11.6 Å². The van der Waals surface area contributed by atoms with E-state index in [1.54, 1.807) is 6.07 Å². The second kappa shape index (κ2) is 4.14. The van der Waals surface area contributed by atoms with Crippen LogP contribution in [-0.4, -0.2) is 5.78 Å². The number of hydrogen-bond donors (Lipinski definition) is 0. The molecule has 0 saturated heterocycles. The molecule has 2 nitrogen and oxygen atoms in total. The van der Waals surface area contributed by atoms with E-state index < -0.39 is 0 Å². The Morgan fingerprint density at radius 2 is 1.81 bits per heavy atom. The number of rotatable bonds is 2. The molecule has 0 fully saturated rings. The zero-order valence-corrected chi connectivity index (χ0v) is 9.84. The van der Waals surface area contributed by atoms with Gasteiger partial charge in [0.05, 0.1) is 11.8 Å². The van der Waals surface area contributed by atoms with Gasteiger partial charge in [-0.15, -0.1) is 0 Å². The average molecular weight is 235 g/mol. The number of aryl methyl sites for hydroxylation is 2. The van der Waals surface area contributed by atoms with Crippen molar-refractivity contribution in [1.29, 1.82) is 0 Å². The van der Waals surface area contributed by atoms with Gasteiger partial charge in [0.25, 0.3) is 0 Å². The van der Waals surface area contributed by atoms with Crippen LogP contribution in [0.3, 0.4) is 0 Å². The molecule has 1 aromatic heterocycles. The Kier molecular flexibility index (Phi) is 2.84. The summed E-state index contributed by atoms with van der Waals surface area (Å²) in [6.07, 6.45) is 1.41. The van der Waals surface area contributed by atoms with Gasteiger partial charge in [-0.2, -0.15) is 0 Å². The van der Waals surface area contributed by atoms with E-state index in [-0.39, 0.29) is 11.0 Å². The molecule has 0 amide bonds. The lowest BCUT2D eigenvalue weighted by atomic mass is 10.0. The van der Waals surface area contributed by atoms with E-state index in [1.807, 2.05) is 32.0 Å². The lowest BCUT2D eigenvalue weighted by molar-refractivity contribution is 0.103. The summed E-state index contributed by atoms with van der Waals surface area (Å²) in [6, 6.07) is 7.30. The molecule has 82 valence electrons. The van der Waals surface area contributed by atoms with Gasteiger partial charge < -0.3 is 4.42 Å². The molecule has 0 atom stereocenters. The highest BCUT2D eigenvalue weighted by Gasteiger charge is 2.15. The standard InChI is InChI=1S/C13H11ClO2/c1-8-5-9(2)7-10(6-8)12(15)11-3-4-16-13(11)14/h3-7H,1-2H3. The van der Waals surface area contributed by atoms with Crippen LogP contribution in [0.1, 0.15) is 27.0 Å². The lowest BCUT2D eigenvalue weighted by Gasteiger charge is -2.02. The minimum Gasteiger partial charge on any atom is -0.452 e. The van der Waals surface area contributed by atoms with Crippen LogP contribution in [0.5, 0.6) is 0 Å². The highest BCUT2D eigenvalue weighted by molar-refractivity contribution is 6.33. The Hall–Kier alpha value is -1.54. The highest BCUT2D eigenvalue weighted by Crippen LogP contribution is 2.21. The molecule has 0 spiro atoms. The lowest BCUT2D eigenvalue weighted by Crippen LogP contribution is -2.01. The van der Waals surface area contributed by atoms with Crippen molar-refractivity contribution >= 4 is 17.4 Å². The quantitative estimate of drug-likeness (QED) is 0.741. The van der Waals surface area contributed by atoms with Gasteiger partial charge in [-0.25, -0.2) is 0 Å². The maximum atomic E-state index is 12.1. The van der Waals surface area contributed by atoms with Gasteiger partial charge in [0.15, 0.2) is 5.78 Å². The molecule has 16 heavy (non-hydrogen) atoms. The number of furan rings is 1. The third-order valence-electron chi connectivity index (χ3n) is 2.35. The molecule has 0 unspecified atom stereocenters. The van der Waals surface area contributed by atoms with Crippen LogP contribution in [0, 0.1) is 13.8 Å². The predicted octanol–water partition coefficient (Wildman–Crippen LogP) is 3.78. The zero-order chi connectivity index (χ0) is 11.7. The van der Waals surface area contributed by atoms with Gasteiger partial charge in [0, 0.05) is 5.56 Å². The molecule has 2 aromatic rings. The van der Waals surface area contributed by atoms with E-state index >= 15 is 0 Å². The smallest absolute Gasteiger partial charge is 0.204 e. The fourth-order valence-electron chi connectivity index (χ4n) is 1.72. The molecule has 0 aliphatic carbocycles. The number of ketones is 1. The van der Waals surface area contributed by atoms with E-state index in [9.17, 15) is 4.79 Å². The van der Waals surface area contributed by atoms with Crippen LogP contribution in [0.4, 0.5) is 0 Å². The van der Waals surface area contributed by atoms with E-state index in [1.165, 1.54) is 6.26 Å². The van der Waals surface area contributed by atoms with Crippen LogP contribution < -0.4 is 0 Å². The molecule has 0 radical (unpaired) electrons. The zero-order valence-electron chi connectivity index (χ0n) is 9.08. The summed E-state index contributed by atoms with van der Waals surface area (Å²) in [5.41, 5.74) is 3.17. The summed E-state index contributed by atoms with van der Waals surface area (Å²) in [4.78, 5) is 12.1. The Balaban J connectivity index is 2.45. The third-order valence-corrected chi connectivity index (χ3v) is 2.64. The van der Waals surface area contributed by atoms with Crippen LogP contribution in [0.25, 0.3) is 0 Å². The van der Waals surface area contributed by atoms with E-state index in [0.717, 1.165) is 11.1 Å². The van der Waals surface area contributed by atoms with E-state index in [0.29, 0.717) is 11.1 Å². The fourth-order valence-corrected chi connectivity index (χ4v) is 1.92. The van der Waals surface area contributed by atoms with E-state index in [4.69, 9.17) is 16.0 Å². The van der Waals surface area contributed by atoms with Crippen molar-refractivity contribution in [3.8, 4) is 0 Å². The largest absolute Gasteiger partial charge is 0.452 e. The molecule has 1 heterocycles. The van der Waals surface area contributed by atoms with Crippen LogP contribution in [-0.2, 0) is 0 Å². The van der Waals surface area contributed by atoms with Gasteiger partial charge >= 0.3 is 0 Å². The van der Waals surface area contributed by atoms with Crippen LogP contribution in [0.2, 0.25) is 5.22 Å². The number of halogens is 1. The SMILES string of the molecule is Cc1cc(C)cc(C(=O)c2ccoc2Cl)c1. The number of carbonyl (C=O) groups is 1. The maximum absolute atomic E-state index is 12.1. The highest BCUT2D eigenvalue weighted by atomic mass is 35.5. The first-order valence-electron chi connectivity index (χ1n) is 4.94. The predicted molar refractivity (Wildman–Crippen MR) is 63.1 cm³/mol. The first-order chi connectivity index (χ1) is 7.58. The fraction of sp³-hybridized carbons (Fsp3) is 0.154. The third kappa shape index (κ3) is 2.02. The minimum atomic E-state index is -0.106. The first kappa shape index (κ1) is 11.0. The topological polar surface area (TPSA) is 30.2 Å². The molecule has 2 rings (SSSR count). The molecule has 0 bridgehead atoms. The van der Waals surface area contributed by atoms with Gasteiger partial charge in [-0.3, -0.25) is 4.79 Å². The molecular formula is C13H11ClO2. The number of hydrogen-bond acceptors (Lipinski definition) is 2. The van der Waals surface area contributed by atoms with E-state index in [2.05, 4.69) is 0 Å². The van der Waals surface area contributed by atoms with Crippen molar-refractivity contribution in [3.63, 3.8) is 0 Å². The summed E-state index contributed by atoms with van der Waals surface area (Å²) < 4.78 is 4.91. The Bertz CT molecular complexity index is 520. The van der Waals surface area contributed by atoms with Crippen LogP contribution in [0.15, 0.2) is 34.9 Å². The molecule has 1 aromatic carbocycles. The minimum absolute atomic E-state index is 0.106. The first-order valence-corrected chi connectivity index (χ1v) is 5.31. The molecule has 0 saturated carbocycles. The normalized spacial score (nSPS) is 10.4. The van der Waals surface area contributed by atoms with Gasteiger partial charge in [-0.1, -0.05) is 17.2 Å². The van der Waals surface area contributed by atoms with Crippen molar-refractivity contribution < 1.29 is 9.21 Å². The second-order valence-electron chi connectivity index (χ2n) is 3.81. The summed E-state index contributed by atoms with van der Waals surface area (Å²) in [5.74, 6) is -0.106. The number of carbonyl (C=O) groups excluding carboxylic acids is 1. The Morgan fingerprint density at radius 1 is 1.19 bits per heavy atom. The average Bonchev–Trinajstić information content (AvgIpc) is 2.62. The Labute approximate surface area is 98.8 Å². The second-order valence-corrected chi connectivity index (χ2v) is 4.16. The molecule has 0 aliphatic rings. The van der Waals surface area contributed by atoms with Crippen molar-refractivity contribution in [2.24, 2.45) is 0 Å². The Morgan fingerprint density at radius 3 is 2.31 bits per heavy atom. The summed E-state index contributed by atoms with van der Waals surface area (Å²) in [7, 11) is 0. The van der Waals surface area contributed by atoms with Crippen molar-refractivity contribution in [1.82, 2.24) is 0 Å². The molecule has 3 heteroatoms. The summed E-state index contributed by atoms with van der Waals surface area (Å²) >= 11 is 5.78. The maximum Gasteiger partial charge on any atom is 0.204 e. The van der Waals surface area contributed by atoms with Crippen molar-refractivity contribution in [2.75, 3.05) is 0 Å². The van der Waals surface area contributed by atoms with Crippen molar-refractivity contribution in [3.05, 3.63) is 58.0 Å². The summed E-state index contributed by atoms with van der Waals surface area (Å²) in [5, 5.41) is 0.143. The van der Waals surface area contributed by atoms with Gasteiger partial charge in [0.1, 0.15) is 0 Å². The monoisotopic (exact) mass is 234 g/mol. The van der Waals surface area contributed by atoms with Gasteiger partial charge in [-0.05, 0) is 43.6 Å². The molecular weight excluding hydrogens is 224 g/mol. The molecule has 0 aliphatic heterocycles. The van der Waals surface area contributed by atoms with Gasteiger partial charge in [0.2, 0.25) is 5.22 Å². The summed E-state index contributed by atoms with van der Waals surface area (Å²) in [6.45, 7) is 3.92. The number of benzene rings is 1. The van der Waals surface area contributed by atoms with Crippen molar-refractivity contribution in [2.45, 2.75) is 13.8 Å².